The molecule has 0 bridgehead atoms. The largest absolute Gasteiger partial charge is 0.497 e. The van der Waals surface area contributed by atoms with Crippen molar-refractivity contribution in [1.82, 2.24) is 10.6 Å². The van der Waals surface area contributed by atoms with Crippen molar-refractivity contribution >= 4 is 5.91 Å². The highest BCUT2D eigenvalue weighted by Crippen LogP contribution is 2.39. The topological polar surface area (TPSA) is 59.6 Å². The first-order valence-corrected chi connectivity index (χ1v) is 8.98. The molecule has 1 saturated carbocycles. The zero-order chi connectivity index (χ0) is 16.8. The second-order valence-corrected chi connectivity index (χ2v) is 6.83. The molecule has 132 valence electrons. The third-order valence-electron chi connectivity index (χ3n) is 5.27. The molecule has 2 aliphatic rings. The number of amides is 1. The van der Waals surface area contributed by atoms with Crippen LogP contribution in [0.15, 0.2) is 24.3 Å². The first kappa shape index (κ1) is 17.2. The van der Waals surface area contributed by atoms with E-state index in [0.29, 0.717) is 6.54 Å². The van der Waals surface area contributed by atoms with E-state index >= 15 is 0 Å². The van der Waals surface area contributed by atoms with E-state index in [1.807, 2.05) is 12.1 Å². The SMILES string of the molecule is COc1ccc(C2(NCC(=O)NC3CCOCC3)CCCC2)cc1. The zero-order valence-electron chi connectivity index (χ0n) is 14.5. The fourth-order valence-corrected chi connectivity index (χ4v) is 3.83. The van der Waals surface area contributed by atoms with Crippen LogP contribution in [0.3, 0.4) is 0 Å². The summed E-state index contributed by atoms with van der Waals surface area (Å²) in [6.45, 7) is 1.85. The van der Waals surface area contributed by atoms with E-state index in [1.54, 1.807) is 7.11 Å². The molecule has 1 heterocycles. The van der Waals surface area contributed by atoms with Crippen LogP contribution in [0.1, 0.15) is 44.1 Å². The first-order valence-electron chi connectivity index (χ1n) is 8.98. The molecule has 1 saturated heterocycles. The van der Waals surface area contributed by atoms with Gasteiger partial charge in [-0.2, -0.15) is 0 Å². The monoisotopic (exact) mass is 332 g/mol. The number of carbonyl (C=O) groups is 1. The van der Waals surface area contributed by atoms with E-state index in [1.165, 1.54) is 18.4 Å². The van der Waals surface area contributed by atoms with Gasteiger partial charge in [-0.25, -0.2) is 0 Å². The van der Waals surface area contributed by atoms with E-state index in [4.69, 9.17) is 9.47 Å². The maximum Gasteiger partial charge on any atom is 0.234 e. The van der Waals surface area contributed by atoms with Crippen molar-refractivity contribution in [2.24, 2.45) is 0 Å². The summed E-state index contributed by atoms with van der Waals surface area (Å²) in [5.74, 6) is 0.950. The molecular weight excluding hydrogens is 304 g/mol. The van der Waals surface area contributed by atoms with Crippen LogP contribution in [0, 0.1) is 0 Å². The number of ether oxygens (including phenoxy) is 2. The van der Waals surface area contributed by atoms with Crippen molar-refractivity contribution in [3.8, 4) is 5.75 Å². The van der Waals surface area contributed by atoms with Gasteiger partial charge in [-0.05, 0) is 43.4 Å². The number of hydrogen-bond acceptors (Lipinski definition) is 4. The van der Waals surface area contributed by atoms with Crippen LogP contribution >= 0.6 is 0 Å². The van der Waals surface area contributed by atoms with Gasteiger partial charge >= 0.3 is 0 Å². The molecule has 1 aromatic rings. The summed E-state index contributed by atoms with van der Waals surface area (Å²) in [6.07, 6.45) is 6.36. The maximum absolute atomic E-state index is 12.3. The van der Waals surface area contributed by atoms with Crippen LogP contribution in [0.4, 0.5) is 0 Å². The van der Waals surface area contributed by atoms with Gasteiger partial charge in [0.2, 0.25) is 5.91 Å². The average Bonchev–Trinajstić information content (AvgIpc) is 3.11. The van der Waals surface area contributed by atoms with E-state index in [9.17, 15) is 4.79 Å². The number of methoxy groups -OCH3 is 1. The lowest BCUT2D eigenvalue weighted by atomic mass is 9.88. The van der Waals surface area contributed by atoms with Crippen molar-refractivity contribution in [2.45, 2.75) is 50.1 Å². The molecular formula is C19H28N2O3. The van der Waals surface area contributed by atoms with Gasteiger partial charge in [-0.3, -0.25) is 10.1 Å². The molecule has 0 radical (unpaired) electrons. The second kappa shape index (κ2) is 7.99. The molecule has 5 nitrogen and oxygen atoms in total. The lowest BCUT2D eigenvalue weighted by molar-refractivity contribution is -0.121. The molecule has 2 N–H and O–H groups in total. The van der Waals surface area contributed by atoms with Crippen LogP contribution in [0.5, 0.6) is 5.75 Å². The minimum atomic E-state index is -0.0840. The molecule has 0 unspecified atom stereocenters. The van der Waals surface area contributed by atoms with Gasteiger partial charge in [-0.1, -0.05) is 25.0 Å². The van der Waals surface area contributed by atoms with Gasteiger partial charge in [0.15, 0.2) is 0 Å². The zero-order valence-corrected chi connectivity index (χ0v) is 14.5. The Morgan fingerprint density at radius 3 is 2.50 bits per heavy atom. The van der Waals surface area contributed by atoms with Crippen molar-refractivity contribution in [1.29, 1.82) is 0 Å². The minimum absolute atomic E-state index is 0.0840. The van der Waals surface area contributed by atoms with Gasteiger partial charge in [0.1, 0.15) is 5.75 Å². The van der Waals surface area contributed by atoms with Gasteiger partial charge in [0.05, 0.1) is 13.7 Å². The van der Waals surface area contributed by atoms with E-state index in [2.05, 4.69) is 22.8 Å². The Balaban J connectivity index is 1.59. The first-order chi connectivity index (χ1) is 11.7. The lowest BCUT2D eigenvalue weighted by Gasteiger charge is -2.32. The predicted molar refractivity (Wildman–Crippen MR) is 93.1 cm³/mol. The molecule has 1 aliphatic carbocycles. The van der Waals surface area contributed by atoms with Gasteiger partial charge in [0.25, 0.3) is 0 Å². The third kappa shape index (κ3) is 4.08. The molecule has 1 amide bonds. The molecule has 24 heavy (non-hydrogen) atoms. The highest BCUT2D eigenvalue weighted by Gasteiger charge is 2.35. The normalized spacial score (nSPS) is 20.7. The summed E-state index contributed by atoms with van der Waals surface area (Å²) in [4.78, 5) is 12.3. The smallest absolute Gasteiger partial charge is 0.234 e. The highest BCUT2D eigenvalue weighted by atomic mass is 16.5. The third-order valence-corrected chi connectivity index (χ3v) is 5.27. The summed E-state index contributed by atoms with van der Waals surface area (Å²) >= 11 is 0. The second-order valence-electron chi connectivity index (χ2n) is 6.83. The van der Waals surface area contributed by atoms with Crippen molar-refractivity contribution in [2.75, 3.05) is 26.9 Å². The number of carbonyl (C=O) groups excluding carboxylic acids is 1. The number of nitrogens with one attached hydrogen (secondary N) is 2. The Morgan fingerprint density at radius 2 is 1.88 bits per heavy atom. The molecule has 0 spiro atoms. The minimum Gasteiger partial charge on any atom is -0.497 e. The Morgan fingerprint density at radius 1 is 1.21 bits per heavy atom. The summed E-state index contributed by atoms with van der Waals surface area (Å²) in [6, 6.07) is 8.49. The Kier molecular flexibility index (Phi) is 5.74. The van der Waals surface area contributed by atoms with Crippen LogP contribution < -0.4 is 15.4 Å². The van der Waals surface area contributed by atoms with Crippen LogP contribution in [0.25, 0.3) is 0 Å². The molecule has 3 rings (SSSR count). The number of hydrogen-bond donors (Lipinski definition) is 2. The predicted octanol–water partition coefficient (Wildman–Crippen LogP) is 2.35. The Hall–Kier alpha value is -1.59. The lowest BCUT2D eigenvalue weighted by Crippen LogP contribution is -2.48. The molecule has 0 atom stereocenters. The van der Waals surface area contributed by atoms with Crippen LogP contribution in [-0.4, -0.2) is 38.8 Å². The van der Waals surface area contributed by atoms with Crippen molar-refractivity contribution in [3.63, 3.8) is 0 Å². The molecule has 2 fully saturated rings. The molecule has 0 aromatic heterocycles. The summed E-state index contributed by atoms with van der Waals surface area (Å²) < 4.78 is 10.6. The van der Waals surface area contributed by atoms with Crippen molar-refractivity contribution in [3.05, 3.63) is 29.8 Å². The van der Waals surface area contributed by atoms with Gasteiger partial charge in [-0.15, -0.1) is 0 Å². The maximum atomic E-state index is 12.3. The summed E-state index contributed by atoms with van der Waals surface area (Å²) in [7, 11) is 1.68. The van der Waals surface area contributed by atoms with E-state index in [0.717, 1.165) is 44.6 Å². The quantitative estimate of drug-likeness (QED) is 0.839. The molecule has 1 aromatic carbocycles. The average molecular weight is 332 g/mol. The van der Waals surface area contributed by atoms with Gasteiger partial charge < -0.3 is 14.8 Å². The molecule has 5 heteroatoms. The summed E-state index contributed by atoms with van der Waals surface area (Å²) in [5, 5.41) is 6.68. The Bertz CT molecular complexity index is 532. The summed E-state index contributed by atoms with van der Waals surface area (Å²) in [5.41, 5.74) is 1.17. The van der Waals surface area contributed by atoms with Crippen LogP contribution in [0.2, 0.25) is 0 Å². The fraction of sp³-hybridized carbons (Fsp3) is 0.632. The van der Waals surface area contributed by atoms with Crippen molar-refractivity contribution < 1.29 is 14.3 Å². The standard InChI is InChI=1S/C19H28N2O3/c1-23-17-6-4-15(5-7-17)19(10-2-3-11-19)20-14-18(22)21-16-8-12-24-13-9-16/h4-7,16,20H,2-3,8-14H2,1H3,(H,21,22). The Labute approximate surface area is 144 Å². The van der Waals surface area contributed by atoms with Gasteiger partial charge in [0, 0.05) is 24.8 Å². The van der Waals surface area contributed by atoms with Crippen LogP contribution in [-0.2, 0) is 15.1 Å². The van der Waals surface area contributed by atoms with E-state index < -0.39 is 0 Å². The highest BCUT2D eigenvalue weighted by molar-refractivity contribution is 5.78. The fourth-order valence-electron chi connectivity index (χ4n) is 3.83. The number of rotatable bonds is 6. The number of benzene rings is 1. The van der Waals surface area contributed by atoms with E-state index in [-0.39, 0.29) is 17.5 Å². The molecule has 1 aliphatic heterocycles.